The highest BCUT2D eigenvalue weighted by Gasteiger charge is 2.66. The number of aromatic nitrogens is 2. The van der Waals surface area contributed by atoms with Gasteiger partial charge >= 0.3 is 26.3 Å². The molecule has 2 radical (unpaired) electrons. The van der Waals surface area contributed by atoms with Crippen molar-refractivity contribution in [3.63, 3.8) is 0 Å². The Labute approximate surface area is 166 Å². The van der Waals surface area contributed by atoms with Gasteiger partial charge in [-0.2, -0.15) is 13.8 Å². The number of alkyl halides is 2. The van der Waals surface area contributed by atoms with Gasteiger partial charge in [0.05, 0.1) is 6.61 Å². The number of rotatable bonds is 8. The van der Waals surface area contributed by atoms with E-state index in [0.717, 1.165) is 16.3 Å². The summed E-state index contributed by atoms with van der Waals surface area (Å²) in [6, 6.07) is 1.33. The summed E-state index contributed by atoms with van der Waals surface area (Å²) in [4.78, 5) is 41.3. The Morgan fingerprint density at radius 3 is 2.59 bits per heavy atom. The number of thioether (sulfide) groups is 1. The number of hydrogen-bond donors (Lipinski definition) is 4. The first-order valence-corrected chi connectivity index (χ1v) is 13.0. The van der Waals surface area contributed by atoms with Crippen LogP contribution in [0.25, 0.3) is 0 Å². The lowest BCUT2D eigenvalue weighted by Gasteiger charge is -2.25. The first kappa shape index (κ1) is 24.7. The van der Waals surface area contributed by atoms with Crippen molar-refractivity contribution >= 4 is 47.8 Å². The van der Waals surface area contributed by atoms with Crippen molar-refractivity contribution in [1.82, 2.24) is 9.55 Å². The zero-order valence-electron chi connectivity index (χ0n) is 14.0. The number of nitrogen functional groups attached to an aromatic ring is 1. The van der Waals surface area contributed by atoms with Crippen LogP contribution in [0.15, 0.2) is 17.1 Å². The van der Waals surface area contributed by atoms with Crippen molar-refractivity contribution in [3.8, 4) is 0 Å². The smallest absolute Gasteiger partial charge is 0.383 e. The van der Waals surface area contributed by atoms with Crippen molar-refractivity contribution < 1.29 is 50.7 Å². The number of anilines is 1. The molecule has 0 aromatic carbocycles. The van der Waals surface area contributed by atoms with Gasteiger partial charge in [-0.05, 0) is 6.07 Å². The molecule has 2 unspecified atom stereocenters. The van der Waals surface area contributed by atoms with E-state index in [0.29, 0.717) is 0 Å². The molecular weight excluding hydrogens is 484 g/mol. The predicted octanol–water partition coefficient (Wildman–Crippen LogP) is 0.637. The van der Waals surface area contributed by atoms with Crippen LogP contribution in [0.2, 0.25) is 0 Å². The molecule has 1 aromatic rings. The summed E-state index contributed by atoms with van der Waals surface area (Å²) in [7, 11) is -13.2. The van der Waals surface area contributed by atoms with Gasteiger partial charge in [0.15, 0.2) is 0 Å². The van der Waals surface area contributed by atoms with Gasteiger partial charge in [-0.3, -0.25) is 18.3 Å². The number of nitrogens with zero attached hydrogens (tertiary/aromatic N) is 2. The summed E-state index contributed by atoms with van der Waals surface area (Å²) < 4.78 is 75.4. The highest BCUT2D eigenvalue weighted by Crippen LogP contribution is 2.77. The first-order chi connectivity index (χ1) is 13.1. The Hall–Kier alpha value is -0.595. The Kier molecular flexibility index (Phi) is 7.23. The highest BCUT2D eigenvalue weighted by molar-refractivity contribution is 8.00. The molecule has 1 aliphatic heterocycles. The normalized spacial score (nSPS) is 24.7. The average molecular weight is 497 g/mol. The lowest BCUT2D eigenvalue weighted by atomic mass is 10.5. The first-order valence-electron chi connectivity index (χ1n) is 7.18. The molecule has 1 saturated heterocycles. The van der Waals surface area contributed by atoms with E-state index in [4.69, 9.17) is 32.7 Å². The standard InChI is InChI=1S/C9H13BF2N3O10P3S/c10-28(22,25-27(20,21)9(11,12)26(17,18)19)23-3-7-24-6(4-29-7)15-2-1-5(13)14-8(15)16/h1-2,6-7H,3-4H2,(H,20,21)(H2,13,14,16)(H2,17,18,19)/t6-,7+,28?/m1/s1. The third kappa shape index (κ3) is 5.76. The molecule has 162 valence electrons. The summed E-state index contributed by atoms with van der Waals surface area (Å²) in [6.45, 7) is -0.701. The molecule has 20 heteroatoms. The van der Waals surface area contributed by atoms with Gasteiger partial charge < -0.3 is 29.7 Å². The highest BCUT2D eigenvalue weighted by atomic mass is 32.2. The van der Waals surface area contributed by atoms with E-state index in [2.05, 4.69) is 13.8 Å². The van der Waals surface area contributed by atoms with Gasteiger partial charge in [0, 0.05) is 11.9 Å². The molecule has 5 N–H and O–H groups in total. The second-order valence-electron chi connectivity index (χ2n) is 5.39. The Morgan fingerprint density at radius 1 is 1.41 bits per heavy atom. The molecule has 0 amide bonds. The molecule has 0 saturated carbocycles. The van der Waals surface area contributed by atoms with Gasteiger partial charge in [-0.25, -0.2) is 9.11 Å². The molecule has 2 rings (SSSR count). The van der Waals surface area contributed by atoms with E-state index in [1.165, 1.54) is 12.3 Å². The van der Waals surface area contributed by atoms with Crippen LogP contribution in [-0.4, -0.2) is 55.0 Å². The zero-order valence-corrected chi connectivity index (χ0v) is 17.5. The van der Waals surface area contributed by atoms with Gasteiger partial charge in [0.2, 0.25) is 7.57 Å². The fraction of sp³-hybridized carbons (Fsp3) is 0.556. The van der Waals surface area contributed by atoms with E-state index in [-0.39, 0.29) is 11.6 Å². The van der Waals surface area contributed by atoms with Gasteiger partial charge in [0.25, 0.3) is 7.47 Å². The summed E-state index contributed by atoms with van der Waals surface area (Å²) in [5.74, 6) is 0.169. The lowest BCUT2D eigenvalue weighted by molar-refractivity contribution is -0.00287. The van der Waals surface area contributed by atoms with Crippen molar-refractivity contribution in [1.29, 1.82) is 0 Å². The van der Waals surface area contributed by atoms with Crippen molar-refractivity contribution in [3.05, 3.63) is 22.7 Å². The Balaban J connectivity index is 1.99. The molecule has 0 spiro atoms. The maximum atomic E-state index is 13.4. The molecule has 0 bridgehead atoms. The largest absolute Gasteiger partial charge is 0.444 e. The van der Waals surface area contributed by atoms with Crippen LogP contribution >= 0.6 is 34.4 Å². The zero-order chi connectivity index (χ0) is 22.3. The second-order valence-corrected chi connectivity index (χ2v) is 12.2. The van der Waals surface area contributed by atoms with Crippen LogP contribution in [0.3, 0.4) is 0 Å². The molecule has 0 aliphatic carbocycles. The minimum Gasteiger partial charge on any atom is -0.383 e. The molecule has 2 heterocycles. The third-order valence-electron chi connectivity index (χ3n) is 3.20. The fourth-order valence-electron chi connectivity index (χ4n) is 1.88. The van der Waals surface area contributed by atoms with Crippen LogP contribution in [0, 0.1) is 0 Å². The molecule has 29 heavy (non-hydrogen) atoms. The van der Waals surface area contributed by atoms with Crippen molar-refractivity contribution in [2.75, 3.05) is 18.1 Å². The minimum absolute atomic E-state index is 0.0152. The average Bonchev–Trinajstić information content (AvgIpc) is 2.99. The predicted molar refractivity (Wildman–Crippen MR) is 96.5 cm³/mol. The third-order valence-corrected chi connectivity index (χ3v) is 9.52. The number of nitrogens with two attached hydrogens (primary N) is 1. The number of hydrogen-bond acceptors (Lipinski definition) is 10. The molecular formula is C9H13BF2N3O10P3S. The molecule has 13 nitrogen and oxygen atoms in total. The van der Waals surface area contributed by atoms with Gasteiger partial charge in [-0.1, -0.05) is 0 Å². The van der Waals surface area contributed by atoms with Crippen LogP contribution in [-0.2, 0) is 27.3 Å². The fourth-order valence-corrected chi connectivity index (χ4v) is 6.77. The van der Waals surface area contributed by atoms with E-state index in [9.17, 15) is 27.3 Å². The van der Waals surface area contributed by atoms with Crippen molar-refractivity contribution in [2.24, 2.45) is 0 Å². The van der Waals surface area contributed by atoms with E-state index >= 15 is 0 Å². The maximum Gasteiger partial charge on any atom is 0.444 e. The van der Waals surface area contributed by atoms with Crippen LogP contribution in [0.4, 0.5) is 14.6 Å². The quantitative estimate of drug-likeness (QED) is 0.288. The monoisotopic (exact) mass is 497 g/mol. The second kappa shape index (κ2) is 8.50. The summed E-state index contributed by atoms with van der Waals surface area (Å²) in [5.41, 5.74) is 3.69. The molecule has 4 atom stereocenters. The van der Waals surface area contributed by atoms with Crippen molar-refractivity contribution in [2.45, 2.75) is 17.1 Å². The Bertz CT molecular complexity index is 975. The molecule has 1 aliphatic rings. The summed E-state index contributed by atoms with van der Waals surface area (Å²) in [5, 5.41) is -5.56. The van der Waals surface area contributed by atoms with Gasteiger partial charge in [0.1, 0.15) is 17.5 Å². The topological polar surface area (TPSA) is 200 Å². The van der Waals surface area contributed by atoms with E-state index < -0.39 is 52.0 Å². The number of halogens is 2. The summed E-state index contributed by atoms with van der Waals surface area (Å²) in [6.07, 6.45) is 0.470. The van der Waals surface area contributed by atoms with E-state index in [1.807, 2.05) is 0 Å². The van der Waals surface area contributed by atoms with Crippen LogP contribution < -0.4 is 11.4 Å². The minimum atomic E-state index is -6.49. The number of ether oxygens (including phenoxy) is 1. The lowest BCUT2D eigenvalue weighted by Crippen LogP contribution is -2.28. The van der Waals surface area contributed by atoms with Gasteiger partial charge in [-0.15, -0.1) is 11.8 Å². The SMILES string of the molecule is [B]P(=O)(OC[C@H]1O[C@@H](n2ccc(N)nc2=O)CS1)OP(=O)(O)C(F)(F)P(=O)(O)O. The molecule has 1 aromatic heterocycles. The Morgan fingerprint density at radius 2 is 2.03 bits per heavy atom. The van der Waals surface area contributed by atoms with E-state index in [1.54, 1.807) is 0 Å². The maximum absolute atomic E-state index is 13.4. The summed E-state index contributed by atoms with van der Waals surface area (Å²) >= 11 is 1.02. The molecule has 1 fully saturated rings. The van der Waals surface area contributed by atoms with Crippen LogP contribution in [0.5, 0.6) is 0 Å². The van der Waals surface area contributed by atoms with Crippen LogP contribution in [0.1, 0.15) is 6.23 Å².